The van der Waals surface area contributed by atoms with E-state index in [0.717, 1.165) is 11.8 Å². The minimum atomic E-state index is -3.48. The predicted molar refractivity (Wildman–Crippen MR) is 72.9 cm³/mol. The monoisotopic (exact) mass is 294 g/mol. The highest BCUT2D eigenvalue weighted by molar-refractivity contribution is 7.85. The average Bonchev–Trinajstić information content (AvgIpc) is 2.40. The molecule has 1 aromatic carbocycles. The van der Waals surface area contributed by atoms with Gasteiger partial charge in [-0.3, -0.25) is 9.17 Å². The first-order valence-electron chi connectivity index (χ1n) is 5.82. The lowest BCUT2D eigenvalue weighted by molar-refractivity contribution is 0.306. The molecular formula is C13H14N2O4S. The number of rotatable bonds is 5. The van der Waals surface area contributed by atoms with Gasteiger partial charge in [0.05, 0.1) is 24.3 Å². The van der Waals surface area contributed by atoms with E-state index in [4.69, 9.17) is 4.74 Å². The minimum absolute atomic E-state index is 0.142. The number of aryl methyl sites for hydroxylation is 1. The van der Waals surface area contributed by atoms with Crippen molar-refractivity contribution in [3.05, 3.63) is 47.9 Å². The molecule has 2 aromatic rings. The van der Waals surface area contributed by atoms with Crippen molar-refractivity contribution < 1.29 is 17.3 Å². The summed E-state index contributed by atoms with van der Waals surface area (Å²) in [7, 11) is -3.48. The molecule has 0 amide bonds. The number of aromatic nitrogens is 2. The smallest absolute Gasteiger partial charge is 0.264 e. The van der Waals surface area contributed by atoms with Crippen LogP contribution in [-0.4, -0.2) is 24.6 Å². The summed E-state index contributed by atoms with van der Waals surface area (Å²) in [5.41, 5.74) is 1.54. The van der Waals surface area contributed by atoms with Gasteiger partial charge in [0.1, 0.15) is 12.4 Å². The fourth-order valence-electron chi connectivity index (χ4n) is 1.36. The van der Waals surface area contributed by atoms with Crippen LogP contribution >= 0.6 is 0 Å². The van der Waals surface area contributed by atoms with Crippen molar-refractivity contribution in [3.8, 4) is 11.6 Å². The molecule has 0 spiro atoms. The highest BCUT2D eigenvalue weighted by Gasteiger charge is 2.05. The summed E-state index contributed by atoms with van der Waals surface area (Å²) in [4.78, 5) is 8.06. The van der Waals surface area contributed by atoms with Gasteiger partial charge in [-0.1, -0.05) is 17.7 Å². The Bertz CT molecular complexity index is 667. The van der Waals surface area contributed by atoms with E-state index in [1.165, 1.54) is 12.4 Å². The van der Waals surface area contributed by atoms with Gasteiger partial charge in [0.2, 0.25) is 5.88 Å². The summed E-state index contributed by atoms with van der Waals surface area (Å²) < 4.78 is 31.8. The maximum Gasteiger partial charge on any atom is 0.264 e. The third kappa shape index (κ3) is 4.60. The largest absolute Gasteiger partial charge is 0.438 e. The molecule has 2 rings (SSSR count). The van der Waals surface area contributed by atoms with Gasteiger partial charge in [0, 0.05) is 0 Å². The van der Waals surface area contributed by atoms with Gasteiger partial charge in [0.25, 0.3) is 10.1 Å². The van der Waals surface area contributed by atoms with E-state index in [-0.39, 0.29) is 6.61 Å². The summed E-state index contributed by atoms with van der Waals surface area (Å²) >= 11 is 0. The third-order valence-corrected chi connectivity index (χ3v) is 2.89. The van der Waals surface area contributed by atoms with E-state index in [2.05, 4.69) is 14.2 Å². The van der Waals surface area contributed by atoms with Crippen LogP contribution in [0.2, 0.25) is 0 Å². The lowest BCUT2D eigenvalue weighted by Crippen LogP contribution is -2.04. The summed E-state index contributed by atoms with van der Waals surface area (Å²) in [6.07, 6.45) is 3.81. The lowest BCUT2D eigenvalue weighted by Gasteiger charge is -2.05. The second-order valence-corrected chi connectivity index (χ2v) is 5.87. The maximum atomic E-state index is 10.8. The standard InChI is InChI=1S/C13H14N2O4S/c1-10-3-5-12(6-4-10)19-13-8-14-11(7-15-13)9-18-20(2,16)17/h3-8H,9H2,1-2H3. The van der Waals surface area contributed by atoms with Gasteiger partial charge in [0.15, 0.2) is 0 Å². The molecule has 0 fully saturated rings. The molecule has 0 aliphatic heterocycles. The van der Waals surface area contributed by atoms with Crippen LogP contribution in [0.25, 0.3) is 0 Å². The highest BCUT2D eigenvalue weighted by atomic mass is 32.2. The fraction of sp³-hybridized carbons (Fsp3) is 0.231. The Balaban J connectivity index is 1.99. The van der Waals surface area contributed by atoms with Gasteiger partial charge in [-0.05, 0) is 19.1 Å². The molecule has 106 valence electrons. The normalized spacial score (nSPS) is 11.3. The first-order chi connectivity index (χ1) is 9.42. The molecule has 7 heteroatoms. The van der Waals surface area contributed by atoms with E-state index in [1.807, 2.05) is 31.2 Å². The zero-order chi connectivity index (χ0) is 14.6. The van der Waals surface area contributed by atoms with Crippen molar-refractivity contribution in [1.29, 1.82) is 0 Å². The first kappa shape index (κ1) is 14.4. The Morgan fingerprint density at radius 1 is 1.10 bits per heavy atom. The molecule has 1 heterocycles. The molecule has 1 aromatic heterocycles. The third-order valence-electron chi connectivity index (χ3n) is 2.35. The number of hydrogen-bond donors (Lipinski definition) is 0. The number of hydrogen-bond acceptors (Lipinski definition) is 6. The Morgan fingerprint density at radius 2 is 1.80 bits per heavy atom. The fourth-order valence-corrected chi connectivity index (χ4v) is 1.70. The first-order valence-corrected chi connectivity index (χ1v) is 7.64. The average molecular weight is 294 g/mol. The van der Waals surface area contributed by atoms with Crippen molar-refractivity contribution >= 4 is 10.1 Å². The summed E-state index contributed by atoms with van der Waals surface area (Å²) in [6.45, 7) is 1.84. The quantitative estimate of drug-likeness (QED) is 0.785. The SMILES string of the molecule is Cc1ccc(Oc2cnc(COS(C)(=O)=O)cn2)cc1. The molecule has 0 saturated heterocycles. The molecule has 0 aliphatic rings. The van der Waals surface area contributed by atoms with Crippen molar-refractivity contribution in [1.82, 2.24) is 9.97 Å². The Hall–Kier alpha value is -1.99. The molecule has 0 unspecified atom stereocenters. The molecule has 20 heavy (non-hydrogen) atoms. The van der Waals surface area contributed by atoms with E-state index in [0.29, 0.717) is 17.3 Å². The summed E-state index contributed by atoms with van der Waals surface area (Å²) in [5, 5.41) is 0. The van der Waals surface area contributed by atoms with E-state index in [1.54, 1.807) is 0 Å². The van der Waals surface area contributed by atoms with Crippen LogP contribution in [0.1, 0.15) is 11.3 Å². The summed E-state index contributed by atoms with van der Waals surface area (Å²) in [6, 6.07) is 7.52. The lowest BCUT2D eigenvalue weighted by atomic mass is 10.2. The van der Waals surface area contributed by atoms with Gasteiger partial charge >= 0.3 is 0 Å². The van der Waals surface area contributed by atoms with Crippen LogP contribution in [0.15, 0.2) is 36.7 Å². The van der Waals surface area contributed by atoms with Crippen molar-refractivity contribution in [2.45, 2.75) is 13.5 Å². The molecule has 0 N–H and O–H groups in total. The topological polar surface area (TPSA) is 78.4 Å². The number of nitrogens with zero attached hydrogens (tertiary/aromatic N) is 2. The van der Waals surface area contributed by atoms with Gasteiger partial charge in [-0.2, -0.15) is 8.42 Å². The van der Waals surface area contributed by atoms with Crippen LogP contribution in [0.4, 0.5) is 0 Å². The van der Waals surface area contributed by atoms with E-state index >= 15 is 0 Å². The molecule has 0 saturated carbocycles. The molecule has 0 radical (unpaired) electrons. The number of benzene rings is 1. The Labute approximate surface area is 117 Å². The molecule has 0 aliphatic carbocycles. The molecular weight excluding hydrogens is 280 g/mol. The van der Waals surface area contributed by atoms with Gasteiger partial charge in [-0.25, -0.2) is 4.98 Å². The van der Waals surface area contributed by atoms with Crippen LogP contribution in [0.5, 0.6) is 11.6 Å². The maximum absolute atomic E-state index is 10.8. The van der Waals surface area contributed by atoms with Crippen LogP contribution < -0.4 is 4.74 Å². The zero-order valence-corrected chi connectivity index (χ0v) is 11.9. The van der Waals surface area contributed by atoms with Crippen molar-refractivity contribution in [2.24, 2.45) is 0 Å². The highest BCUT2D eigenvalue weighted by Crippen LogP contribution is 2.18. The van der Waals surface area contributed by atoms with Gasteiger partial charge in [-0.15, -0.1) is 0 Å². The summed E-state index contributed by atoms with van der Waals surface area (Å²) in [5.74, 6) is 0.988. The molecule has 0 bridgehead atoms. The molecule has 6 nitrogen and oxygen atoms in total. The second kappa shape index (κ2) is 5.98. The van der Waals surface area contributed by atoms with E-state index < -0.39 is 10.1 Å². The van der Waals surface area contributed by atoms with E-state index in [9.17, 15) is 8.42 Å². The molecule has 0 atom stereocenters. The Morgan fingerprint density at radius 3 is 2.35 bits per heavy atom. The second-order valence-electron chi connectivity index (χ2n) is 4.23. The van der Waals surface area contributed by atoms with Crippen LogP contribution in [0, 0.1) is 6.92 Å². The zero-order valence-electron chi connectivity index (χ0n) is 11.1. The minimum Gasteiger partial charge on any atom is -0.438 e. The number of ether oxygens (including phenoxy) is 1. The predicted octanol–water partition coefficient (Wildman–Crippen LogP) is 2.05. The van der Waals surface area contributed by atoms with Crippen molar-refractivity contribution in [3.63, 3.8) is 0 Å². The van der Waals surface area contributed by atoms with Crippen LogP contribution in [0.3, 0.4) is 0 Å². The van der Waals surface area contributed by atoms with Crippen LogP contribution in [-0.2, 0) is 20.9 Å². The Kier molecular flexibility index (Phi) is 4.31. The van der Waals surface area contributed by atoms with Gasteiger partial charge < -0.3 is 4.74 Å². The van der Waals surface area contributed by atoms with Crippen molar-refractivity contribution in [2.75, 3.05) is 6.26 Å².